The Morgan fingerprint density at radius 1 is 1.33 bits per heavy atom. The van der Waals surface area contributed by atoms with Crippen molar-refractivity contribution in [2.75, 3.05) is 7.05 Å². The minimum atomic E-state index is -0.417. The Balaban J connectivity index is 2.22. The van der Waals surface area contributed by atoms with Crippen molar-refractivity contribution in [3.63, 3.8) is 0 Å². The molecule has 0 atom stereocenters. The van der Waals surface area contributed by atoms with Crippen molar-refractivity contribution in [1.82, 2.24) is 25.1 Å². The predicted octanol–water partition coefficient (Wildman–Crippen LogP) is 1.97. The molecule has 3 rings (SSSR count). The minimum absolute atomic E-state index is 0.00456. The Morgan fingerprint density at radius 3 is 2.71 bits per heavy atom. The molecule has 0 unspecified atom stereocenters. The molecule has 0 aliphatic carbocycles. The second-order valence-electron chi connectivity index (χ2n) is 4.19. The van der Waals surface area contributed by atoms with Crippen molar-refractivity contribution in [2.24, 2.45) is 0 Å². The van der Waals surface area contributed by atoms with Crippen molar-refractivity contribution in [3.05, 3.63) is 47.3 Å². The van der Waals surface area contributed by atoms with Crippen LogP contribution in [0.25, 0.3) is 16.7 Å². The Labute approximate surface area is 123 Å². The van der Waals surface area contributed by atoms with Gasteiger partial charge in [-0.1, -0.05) is 11.6 Å². The molecular formula is C13H9ClFN5O. The maximum Gasteiger partial charge on any atom is 0.288 e. The number of rotatable bonds is 2. The predicted molar refractivity (Wildman–Crippen MR) is 75.0 cm³/mol. The average molecular weight is 306 g/mol. The van der Waals surface area contributed by atoms with Crippen LogP contribution in [-0.2, 0) is 0 Å². The molecule has 2 heterocycles. The Hall–Kier alpha value is -2.54. The van der Waals surface area contributed by atoms with E-state index in [9.17, 15) is 9.18 Å². The molecule has 6 nitrogen and oxygen atoms in total. The Bertz CT molecular complexity index is 830. The molecule has 0 saturated heterocycles. The zero-order valence-corrected chi connectivity index (χ0v) is 11.6. The molecule has 1 amide bonds. The molecule has 106 valence electrons. The van der Waals surface area contributed by atoms with E-state index in [1.54, 1.807) is 12.1 Å². The van der Waals surface area contributed by atoms with Gasteiger partial charge in [0, 0.05) is 13.2 Å². The van der Waals surface area contributed by atoms with Crippen LogP contribution in [0, 0.1) is 5.82 Å². The highest BCUT2D eigenvalue weighted by Gasteiger charge is 2.16. The van der Waals surface area contributed by atoms with Crippen LogP contribution in [0.15, 0.2) is 30.5 Å². The quantitative estimate of drug-likeness (QED) is 0.785. The highest BCUT2D eigenvalue weighted by Crippen LogP contribution is 2.23. The van der Waals surface area contributed by atoms with E-state index in [-0.39, 0.29) is 16.8 Å². The number of halogens is 2. The van der Waals surface area contributed by atoms with Crippen LogP contribution in [-0.4, -0.2) is 32.7 Å². The SMILES string of the molecule is CNC(=O)c1ncc2c(Cl)nn(-c3ccc(F)cc3)c2n1. The monoisotopic (exact) mass is 305 g/mol. The maximum absolute atomic E-state index is 13.0. The fourth-order valence-corrected chi connectivity index (χ4v) is 2.06. The van der Waals surface area contributed by atoms with Gasteiger partial charge in [0.1, 0.15) is 5.82 Å². The van der Waals surface area contributed by atoms with Gasteiger partial charge in [0.2, 0.25) is 5.82 Å². The molecule has 1 N–H and O–H groups in total. The number of aromatic nitrogens is 4. The first-order valence-corrected chi connectivity index (χ1v) is 6.37. The fraction of sp³-hybridized carbons (Fsp3) is 0.0769. The second kappa shape index (κ2) is 5.10. The maximum atomic E-state index is 13.0. The summed E-state index contributed by atoms with van der Waals surface area (Å²) in [6.45, 7) is 0. The summed E-state index contributed by atoms with van der Waals surface area (Å²) in [4.78, 5) is 19.7. The van der Waals surface area contributed by atoms with Crippen molar-refractivity contribution >= 4 is 28.5 Å². The molecule has 0 aliphatic heterocycles. The van der Waals surface area contributed by atoms with E-state index in [1.165, 1.54) is 30.1 Å². The number of hydrogen-bond acceptors (Lipinski definition) is 4. The third-order valence-corrected chi connectivity index (χ3v) is 3.16. The van der Waals surface area contributed by atoms with Gasteiger partial charge in [-0.25, -0.2) is 19.0 Å². The third kappa shape index (κ3) is 2.31. The van der Waals surface area contributed by atoms with Gasteiger partial charge in [-0.15, -0.1) is 0 Å². The van der Waals surface area contributed by atoms with Crippen LogP contribution < -0.4 is 5.32 Å². The Kier molecular flexibility index (Phi) is 3.26. The minimum Gasteiger partial charge on any atom is -0.352 e. The highest BCUT2D eigenvalue weighted by atomic mass is 35.5. The Morgan fingerprint density at radius 2 is 2.05 bits per heavy atom. The van der Waals surface area contributed by atoms with Crippen LogP contribution in [0.2, 0.25) is 5.15 Å². The smallest absolute Gasteiger partial charge is 0.288 e. The third-order valence-electron chi connectivity index (χ3n) is 2.88. The number of fused-ring (bicyclic) bond motifs is 1. The van der Waals surface area contributed by atoms with Gasteiger partial charge >= 0.3 is 0 Å². The first-order valence-electron chi connectivity index (χ1n) is 5.99. The lowest BCUT2D eigenvalue weighted by Crippen LogP contribution is -2.20. The van der Waals surface area contributed by atoms with Gasteiger partial charge in [-0.05, 0) is 24.3 Å². The summed E-state index contributed by atoms with van der Waals surface area (Å²) >= 11 is 6.04. The largest absolute Gasteiger partial charge is 0.352 e. The standard InChI is InChI=1S/C13H9ClFN5O/c1-16-13(21)11-17-6-9-10(14)19-20(12(9)18-11)8-4-2-7(15)3-5-8/h2-6H,1H3,(H,16,21). The van der Waals surface area contributed by atoms with Crippen molar-refractivity contribution in [3.8, 4) is 5.69 Å². The van der Waals surface area contributed by atoms with E-state index in [2.05, 4.69) is 20.4 Å². The topological polar surface area (TPSA) is 72.7 Å². The molecule has 0 bridgehead atoms. The molecule has 8 heteroatoms. The lowest BCUT2D eigenvalue weighted by atomic mass is 10.3. The van der Waals surface area contributed by atoms with E-state index in [1.807, 2.05) is 0 Å². The summed E-state index contributed by atoms with van der Waals surface area (Å²) < 4.78 is 14.4. The summed E-state index contributed by atoms with van der Waals surface area (Å²) in [5.74, 6) is -0.771. The number of hydrogen-bond donors (Lipinski definition) is 1. The van der Waals surface area contributed by atoms with Crippen LogP contribution in [0.3, 0.4) is 0 Å². The fourth-order valence-electron chi connectivity index (χ4n) is 1.85. The lowest BCUT2D eigenvalue weighted by molar-refractivity contribution is 0.0953. The van der Waals surface area contributed by atoms with Crippen molar-refractivity contribution in [2.45, 2.75) is 0 Å². The second-order valence-corrected chi connectivity index (χ2v) is 4.55. The molecule has 3 aromatic rings. The zero-order chi connectivity index (χ0) is 15.0. The van der Waals surface area contributed by atoms with E-state index >= 15 is 0 Å². The zero-order valence-electron chi connectivity index (χ0n) is 10.8. The van der Waals surface area contributed by atoms with E-state index < -0.39 is 5.91 Å². The van der Waals surface area contributed by atoms with E-state index in [4.69, 9.17) is 11.6 Å². The van der Waals surface area contributed by atoms with E-state index in [0.717, 1.165) is 0 Å². The van der Waals surface area contributed by atoms with Gasteiger partial charge < -0.3 is 5.32 Å². The molecule has 1 aromatic carbocycles. The number of amides is 1. The summed E-state index contributed by atoms with van der Waals surface area (Å²) in [6.07, 6.45) is 1.43. The number of nitrogens with zero attached hydrogens (tertiary/aromatic N) is 4. The van der Waals surface area contributed by atoms with Crippen LogP contribution in [0.4, 0.5) is 4.39 Å². The van der Waals surface area contributed by atoms with Gasteiger partial charge in [-0.2, -0.15) is 5.10 Å². The summed E-state index contributed by atoms with van der Waals surface area (Å²) in [7, 11) is 1.49. The molecule has 0 aliphatic rings. The summed E-state index contributed by atoms with van der Waals surface area (Å²) in [5, 5.41) is 7.30. The van der Waals surface area contributed by atoms with Gasteiger partial charge in [0.15, 0.2) is 10.8 Å². The van der Waals surface area contributed by atoms with Gasteiger partial charge in [0.25, 0.3) is 5.91 Å². The van der Waals surface area contributed by atoms with Gasteiger partial charge in [0.05, 0.1) is 11.1 Å². The van der Waals surface area contributed by atoms with Crippen molar-refractivity contribution in [1.29, 1.82) is 0 Å². The molecule has 0 saturated carbocycles. The number of benzene rings is 1. The molecule has 21 heavy (non-hydrogen) atoms. The van der Waals surface area contributed by atoms with Crippen LogP contribution in [0.1, 0.15) is 10.6 Å². The molecule has 0 fully saturated rings. The first kappa shape index (κ1) is 13.4. The van der Waals surface area contributed by atoms with Crippen LogP contribution >= 0.6 is 11.6 Å². The lowest BCUT2D eigenvalue weighted by Gasteiger charge is -2.03. The normalized spacial score (nSPS) is 10.8. The van der Waals surface area contributed by atoms with Crippen molar-refractivity contribution < 1.29 is 9.18 Å². The van der Waals surface area contributed by atoms with Crippen LogP contribution in [0.5, 0.6) is 0 Å². The molecule has 2 aromatic heterocycles. The number of carbonyl (C=O) groups excluding carboxylic acids is 1. The first-order chi connectivity index (χ1) is 10.1. The van der Waals surface area contributed by atoms with E-state index in [0.29, 0.717) is 16.7 Å². The summed E-state index contributed by atoms with van der Waals surface area (Å²) in [6, 6.07) is 5.69. The molecule has 0 radical (unpaired) electrons. The number of carbonyl (C=O) groups is 1. The molecule has 0 spiro atoms. The highest BCUT2D eigenvalue weighted by molar-refractivity contribution is 6.34. The van der Waals surface area contributed by atoms with Gasteiger partial charge in [-0.3, -0.25) is 4.79 Å². The summed E-state index contributed by atoms with van der Waals surface area (Å²) in [5.41, 5.74) is 0.954. The average Bonchev–Trinajstić information content (AvgIpc) is 2.84. The molecular weight excluding hydrogens is 297 g/mol. The number of nitrogens with one attached hydrogen (secondary N) is 1.